The highest BCUT2D eigenvalue weighted by molar-refractivity contribution is 7.22. The van der Waals surface area contributed by atoms with Crippen LogP contribution in [0.25, 0.3) is 10.2 Å². The van der Waals surface area contributed by atoms with Gasteiger partial charge in [-0.05, 0) is 70.2 Å². The highest BCUT2D eigenvalue weighted by Gasteiger charge is 2.28. The number of aryl methyl sites for hydroxylation is 2. The topological polar surface area (TPSA) is 48.5 Å². The van der Waals surface area contributed by atoms with Gasteiger partial charge < -0.3 is 10.2 Å². The minimum Gasteiger partial charge on any atom is -0.355 e. The molecule has 0 spiro atoms. The molecule has 2 aromatic rings. The van der Waals surface area contributed by atoms with Gasteiger partial charge in [-0.15, -0.1) is 0 Å². The molecule has 3 heterocycles. The maximum Gasteiger partial charge on any atom is 0.224 e. The smallest absolute Gasteiger partial charge is 0.224 e. The Hall–Kier alpha value is -1.66. The Morgan fingerprint density at radius 2 is 2.07 bits per heavy atom. The van der Waals surface area contributed by atoms with Gasteiger partial charge in [-0.2, -0.15) is 0 Å². The predicted octanol–water partition coefficient (Wildman–Crippen LogP) is 4.12. The predicted molar refractivity (Wildman–Crippen MR) is 122 cm³/mol. The van der Waals surface area contributed by atoms with Gasteiger partial charge in [-0.1, -0.05) is 23.8 Å². The fourth-order valence-corrected chi connectivity index (χ4v) is 5.99. The second-order valence-corrected chi connectivity index (χ2v) is 9.89. The minimum absolute atomic E-state index is 0.0670. The monoisotopic (exact) mass is 414 g/mol. The van der Waals surface area contributed by atoms with E-state index >= 15 is 0 Å². The maximum atomic E-state index is 12.8. The number of aromatic nitrogens is 1. The first-order valence-corrected chi connectivity index (χ1v) is 12.0. The summed E-state index contributed by atoms with van der Waals surface area (Å²) in [5.41, 5.74) is 3.63. The standard InChI is InChI=1S/C23H34N4OS/c1-16-13-17(2)21-20(14-16)29-23(25-21)27-11-6-8-19(15-27)22(28)24-9-12-26-10-5-4-7-18(26)3/h13-14,18-19H,4-12,15H2,1-3H3,(H,24,28)/t18-,19-/m0/s1. The average molecular weight is 415 g/mol. The SMILES string of the molecule is Cc1cc(C)c2nc(N3CCC[C@H](C(=O)NCCN4CCCC[C@@H]4C)C3)sc2c1. The van der Waals surface area contributed by atoms with Crippen LogP contribution in [0.4, 0.5) is 5.13 Å². The number of thiazole rings is 1. The third kappa shape index (κ3) is 4.75. The molecule has 1 aromatic carbocycles. The normalized spacial score (nSPS) is 23.5. The summed E-state index contributed by atoms with van der Waals surface area (Å²) in [6, 6.07) is 5.07. The molecular weight excluding hydrogens is 380 g/mol. The van der Waals surface area contributed by atoms with Crippen molar-refractivity contribution >= 4 is 32.6 Å². The molecule has 0 saturated carbocycles. The van der Waals surface area contributed by atoms with Crippen LogP contribution in [0.2, 0.25) is 0 Å². The molecule has 4 rings (SSSR count). The van der Waals surface area contributed by atoms with Crippen molar-refractivity contribution in [2.45, 2.75) is 58.9 Å². The number of likely N-dealkylation sites (tertiary alicyclic amines) is 1. The van der Waals surface area contributed by atoms with E-state index in [2.05, 4.69) is 48.0 Å². The summed E-state index contributed by atoms with van der Waals surface area (Å²) in [5.74, 6) is 0.282. The van der Waals surface area contributed by atoms with Crippen LogP contribution in [0.5, 0.6) is 0 Å². The number of hydrogen-bond acceptors (Lipinski definition) is 5. The molecule has 5 nitrogen and oxygen atoms in total. The van der Waals surface area contributed by atoms with Gasteiger partial charge in [-0.3, -0.25) is 9.69 Å². The highest BCUT2D eigenvalue weighted by Crippen LogP contribution is 2.33. The molecule has 2 aliphatic rings. The van der Waals surface area contributed by atoms with Crippen LogP contribution >= 0.6 is 11.3 Å². The molecule has 0 unspecified atom stereocenters. The Bertz CT molecular complexity index is 864. The van der Waals surface area contributed by atoms with E-state index in [9.17, 15) is 4.79 Å². The summed E-state index contributed by atoms with van der Waals surface area (Å²) in [5, 5.41) is 4.27. The Balaban J connectivity index is 1.34. The molecule has 29 heavy (non-hydrogen) atoms. The first-order chi connectivity index (χ1) is 14.0. The van der Waals surface area contributed by atoms with Crippen molar-refractivity contribution in [1.82, 2.24) is 15.2 Å². The van der Waals surface area contributed by atoms with Crippen molar-refractivity contribution in [3.63, 3.8) is 0 Å². The molecule has 2 fully saturated rings. The third-order valence-electron chi connectivity index (χ3n) is 6.52. The zero-order valence-electron chi connectivity index (χ0n) is 18.0. The van der Waals surface area contributed by atoms with Crippen molar-refractivity contribution < 1.29 is 4.79 Å². The molecule has 6 heteroatoms. The zero-order chi connectivity index (χ0) is 20.4. The summed E-state index contributed by atoms with van der Waals surface area (Å²) in [6.45, 7) is 11.3. The summed E-state index contributed by atoms with van der Waals surface area (Å²) in [7, 11) is 0. The average Bonchev–Trinajstić information content (AvgIpc) is 3.14. The van der Waals surface area contributed by atoms with Crippen molar-refractivity contribution in [2.75, 3.05) is 37.6 Å². The van der Waals surface area contributed by atoms with Crippen LogP contribution in [0.3, 0.4) is 0 Å². The molecule has 158 valence electrons. The van der Waals surface area contributed by atoms with E-state index in [-0.39, 0.29) is 11.8 Å². The third-order valence-corrected chi connectivity index (χ3v) is 7.58. The Morgan fingerprint density at radius 3 is 2.90 bits per heavy atom. The van der Waals surface area contributed by atoms with Crippen LogP contribution in [-0.2, 0) is 4.79 Å². The minimum atomic E-state index is 0.0670. The number of rotatable bonds is 5. The van der Waals surface area contributed by atoms with Crippen molar-refractivity contribution in [1.29, 1.82) is 0 Å². The molecule has 0 bridgehead atoms. The summed E-state index contributed by atoms with van der Waals surface area (Å²) >= 11 is 1.76. The van der Waals surface area contributed by atoms with E-state index in [1.165, 1.54) is 41.6 Å². The van der Waals surface area contributed by atoms with Gasteiger partial charge >= 0.3 is 0 Å². The van der Waals surface area contributed by atoms with E-state index in [0.717, 1.165) is 49.7 Å². The van der Waals surface area contributed by atoms with Gasteiger partial charge in [0.2, 0.25) is 5.91 Å². The van der Waals surface area contributed by atoms with Crippen LogP contribution < -0.4 is 10.2 Å². The number of anilines is 1. The van der Waals surface area contributed by atoms with Gasteiger partial charge in [0.15, 0.2) is 5.13 Å². The quantitative estimate of drug-likeness (QED) is 0.800. The summed E-state index contributed by atoms with van der Waals surface area (Å²) < 4.78 is 1.25. The first-order valence-electron chi connectivity index (χ1n) is 11.2. The number of fused-ring (bicyclic) bond motifs is 1. The lowest BCUT2D eigenvalue weighted by molar-refractivity contribution is -0.125. The summed E-state index contributed by atoms with van der Waals surface area (Å²) in [4.78, 5) is 22.5. The molecule has 0 aliphatic carbocycles. The van der Waals surface area contributed by atoms with E-state index in [1.807, 2.05) is 0 Å². The van der Waals surface area contributed by atoms with Crippen LogP contribution in [-0.4, -0.2) is 54.6 Å². The molecular formula is C23H34N4OS. The fraction of sp³-hybridized carbons (Fsp3) is 0.652. The van der Waals surface area contributed by atoms with E-state index in [0.29, 0.717) is 6.04 Å². The van der Waals surface area contributed by atoms with Gasteiger partial charge in [0.25, 0.3) is 0 Å². The Labute approximate surface area is 178 Å². The lowest BCUT2D eigenvalue weighted by atomic mass is 9.97. The number of nitrogens with zero attached hydrogens (tertiary/aromatic N) is 3. The maximum absolute atomic E-state index is 12.8. The molecule has 0 radical (unpaired) electrons. The van der Waals surface area contributed by atoms with Crippen molar-refractivity contribution in [2.24, 2.45) is 5.92 Å². The fourth-order valence-electron chi connectivity index (χ4n) is 4.82. The number of hydrogen-bond donors (Lipinski definition) is 1. The number of benzene rings is 1. The molecule has 2 atom stereocenters. The lowest BCUT2D eigenvalue weighted by Crippen LogP contribution is -2.46. The second-order valence-electron chi connectivity index (χ2n) is 8.88. The van der Waals surface area contributed by atoms with Gasteiger partial charge in [0, 0.05) is 32.2 Å². The number of piperidine rings is 2. The van der Waals surface area contributed by atoms with Crippen molar-refractivity contribution in [3.05, 3.63) is 23.3 Å². The molecule has 2 saturated heterocycles. The molecule has 1 N–H and O–H groups in total. The van der Waals surface area contributed by atoms with Crippen LogP contribution in [0.15, 0.2) is 12.1 Å². The van der Waals surface area contributed by atoms with Crippen molar-refractivity contribution in [3.8, 4) is 0 Å². The first kappa shape index (κ1) is 20.6. The number of nitrogens with one attached hydrogen (secondary N) is 1. The van der Waals surface area contributed by atoms with E-state index in [4.69, 9.17) is 4.98 Å². The van der Waals surface area contributed by atoms with E-state index in [1.54, 1.807) is 11.3 Å². The van der Waals surface area contributed by atoms with Gasteiger partial charge in [0.05, 0.1) is 16.1 Å². The molecule has 1 aromatic heterocycles. The summed E-state index contributed by atoms with van der Waals surface area (Å²) in [6.07, 6.45) is 5.94. The molecule has 1 amide bonds. The highest BCUT2D eigenvalue weighted by atomic mass is 32.1. The Kier molecular flexibility index (Phi) is 6.40. The molecule has 2 aliphatic heterocycles. The Morgan fingerprint density at radius 1 is 1.21 bits per heavy atom. The van der Waals surface area contributed by atoms with E-state index < -0.39 is 0 Å². The lowest BCUT2D eigenvalue weighted by Gasteiger charge is -2.34. The second kappa shape index (κ2) is 9.00. The number of amides is 1. The largest absolute Gasteiger partial charge is 0.355 e. The van der Waals surface area contributed by atoms with Gasteiger partial charge in [-0.25, -0.2) is 4.98 Å². The number of carbonyl (C=O) groups excluding carboxylic acids is 1. The number of carbonyl (C=O) groups is 1. The zero-order valence-corrected chi connectivity index (χ0v) is 18.9. The van der Waals surface area contributed by atoms with Crippen LogP contribution in [0.1, 0.15) is 50.2 Å². The van der Waals surface area contributed by atoms with Crippen LogP contribution in [0, 0.1) is 19.8 Å². The van der Waals surface area contributed by atoms with Gasteiger partial charge in [0.1, 0.15) is 0 Å².